The van der Waals surface area contributed by atoms with E-state index in [0.717, 1.165) is 24.5 Å². The number of benzene rings is 1. The average molecular weight is 190 g/mol. The zero-order valence-corrected chi connectivity index (χ0v) is 8.06. The van der Waals surface area contributed by atoms with E-state index in [9.17, 15) is 0 Å². The van der Waals surface area contributed by atoms with E-state index in [-0.39, 0.29) is 6.61 Å². The van der Waals surface area contributed by atoms with Crippen LogP contribution in [0.15, 0.2) is 35.3 Å². The molecule has 2 rings (SSSR count). The van der Waals surface area contributed by atoms with Gasteiger partial charge in [0.15, 0.2) is 0 Å². The molecule has 1 heterocycles. The summed E-state index contributed by atoms with van der Waals surface area (Å²) >= 11 is 0. The Morgan fingerprint density at radius 2 is 2.07 bits per heavy atom. The van der Waals surface area contributed by atoms with Crippen LogP contribution in [0.5, 0.6) is 0 Å². The van der Waals surface area contributed by atoms with Crippen LogP contribution < -0.4 is 0 Å². The van der Waals surface area contributed by atoms with Gasteiger partial charge in [-0.05, 0) is 0 Å². The number of aliphatic hydroxyl groups is 1. The number of aliphatic hydroxyl groups excluding tert-OH is 1. The number of aliphatic imine (C=N–C) groups is 1. The fourth-order valence-electron chi connectivity index (χ4n) is 1.68. The summed E-state index contributed by atoms with van der Waals surface area (Å²) in [6.45, 7) is 2.62. The molecule has 0 aromatic heterocycles. The molecule has 0 aliphatic carbocycles. The molecule has 0 saturated carbocycles. The number of amidine groups is 1. The van der Waals surface area contributed by atoms with E-state index in [1.165, 1.54) is 0 Å². The molecule has 3 heteroatoms. The highest BCUT2D eigenvalue weighted by molar-refractivity contribution is 5.99. The van der Waals surface area contributed by atoms with E-state index in [4.69, 9.17) is 5.11 Å². The summed E-state index contributed by atoms with van der Waals surface area (Å²) in [5, 5.41) is 8.89. The summed E-state index contributed by atoms with van der Waals surface area (Å²) in [4.78, 5) is 6.56. The van der Waals surface area contributed by atoms with Gasteiger partial charge >= 0.3 is 0 Å². The zero-order chi connectivity index (χ0) is 9.80. The molecule has 1 aromatic carbocycles. The Morgan fingerprint density at radius 3 is 2.79 bits per heavy atom. The van der Waals surface area contributed by atoms with Crippen molar-refractivity contribution in [2.24, 2.45) is 4.99 Å². The Labute approximate surface area is 83.7 Å². The van der Waals surface area contributed by atoms with Gasteiger partial charge in [0.1, 0.15) is 5.84 Å². The highest BCUT2D eigenvalue weighted by atomic mass is 16.3. The number of rotatable bonds is 3. The summed E-state index contributed by atoms with van der Waals surface area (Å²) in [7, 11) is 0. The van der Waals surface area contributed by atoms with Crippen molar-refractivity contribution < 1.29 is 5.11 Å². The van der Waals surface area contributed by atoms with Gasteiger partial charge in [-0.15, -0.1) is 0 Å². The summed E-state index contributed by atoms with van der Waals surface area (Å²) in [5.74, 6) is 1.01. The minimum absolute atomic E-state index is 0.186. The van der Waals surface area contributed by atoms with Crippen LogP contribution in [0.3, 0.4) is 0 Å². The summed E-state index contributed by atoms with van der Waals surface area (Å²) in [5.41, 5.74) is 1.14. The van der Waals surface area contributed by atoms with Gasteiger partial charge in [-0.3, -0.25) is 4.99 Å². The van der Waals surface area contributed by atoms with Crippen LogP contribution in [0.2, 0.25) is 0 Å². The van der Waals surface area contributed by atoms with E-state index < -0.39 is 0 Å². The Hall–Kier alpha value is -1.35. The van der Waals surface area contributed by atoms with Crippen molar-refractivity contribution in [2.45, 2.75) is 0 Å². The molecule has 0 spiro atoms. The third kappa shape index (κ3) is 1.77. The molecule has 0 unspecified atom stereocenters. The molecule has 74 valence electrons. The molecule has 1 aliphatic heterocycles. The highest BCUT2D eigenvalue weighted by Crippen LogP contribution is 2.10. The van der Waals surface area contributed by atoms with Gasteiger partial charge in [0.2, 0.25) is 0 Å². The van der Waals surface area contributed by atoms with Crippen molar-refractivity contribution in [3.8, 4) is 0 Å². The van der Waals surface area contributed by atoms with E-state index in [0.29, 0.717) is 6.54 Å². The first-order valence-corrected chi connectivity index (χ1v) is 4.87. The molecule has 14 heavy (non-hydrogen) atoms. The predicted molar refractivity (Wildman–Crippen MR) is 56.5 cm³/mol. The largest absolute Gasteiger partial charge is 0.395 e. The molecule has 3 nitrogen and oxygen atoms in total. The molecule has 0 saturated heterocycles. The molecule has 0 fully saturated rings. The van der Waals surface area contributed by atoms with Crippen LogP contribution in [-0.4, -0.2) is 42.1 Å². The van der Waals surface area contributed by atoms with Gasteiger partial charge < -0.3 is 10.0 Å². The van der Waals surface area contributed by atoms with Crippen LogP contribution in [0.1, 0.15) is 5.56 Å². The number of hydrogen-bond acceptors (Lipinski definition) is 3. The Morgan fingerprint density at radius 1 is 1.29 bits per heavy atom. The van der Waals surface area contributed by atoms with Crippen molar-refractivity contribution in [2.75, 3.05) is 26.2 Å². The number of β-amino-alcohol motifs (C(OH)–C–C–N with tert-alkyl or cyclic N) is 1. The molecule has 1 aromatic rings. The summed E-state index contributed by atoms with van der Waals surface area (Å²) in [6.07, 6.45) is 0. The summed E-state index contributed by atoms with van der Waals surface area (Å²) in [6, 6.07) is 10.1. The first kappa shape index (κ1) is 9.21. The third-order valence-corrected chi connectivity index (χ3v) is 2.33. The second-order valence-electron chi connectivity index (χ2n) is 3.28. The topological polar surface area (TPSA) is 35.8 Å². The standard InChI is InChI=1S/C11H14N2O/c14-9-8-13-7-6-12-11(13)10-4-2-1-3-5-10/h1-5,14H,6-9H2. The lowest BCUT2D eigenvalue weighted by molar-refractivity contribution is 0.256. The van der Waals surface area contributed by atoms with Gasteiger partial charge in [-0.1, -0.05) is 30.3 Å². The smallest absolute Gasteiger partial charge is 0.131 e. The molecule has 0 amide bonds. The van der Waals surface area contributed by atoms with Gasteiger partial charge in [0.25, 0.3) is 0 Å². The predicted octanol–water partition coefficient (Wildman–Crippen LogP) is 0.741. The van der Waals surface area contributed by atoms with Crippen molar-refractivity contribution >= 4 is 5.84 Å². The highest BCUT2D eigenvalue weighted by Gasteiger charge is 2.16. The van der Waals surface area contributed by atoms with Crippen LogP contribution >= 0.6 is 0 Å². The lowest BCUT2D eigenvalue weighted by Gasteiger charge is -2.18. The molecule has 0 bridgehead atoms. The summed E-state index contributed by atoms with van der Waals surface area (Å²) < 4.78 is 0. The lowest BCUT2D eigenvalue weighted by Crippen LogP contribution is -2.31. The maximum absolute atomic E-state index is 8.89. The van der Waals surface area contributed by atoms with E-state index in [1.807, 2.05) is 18.2 Å². The molecule has 1 aliphatic rings. The van der Waals surface area contributed by atoms with Crippen LogP contribution in [0.25, 0.3) is 0 Å². The monoisotopic (exact) mass is 190 g/mol. The maximum Gasteiger partial charge on any atom is 0.131 e. The van der Waals surface area contributed by atoms with Crippen molar-refractivity contribution in [1.82, 2.24) is 4.90 Å². The SMILES string of the molecule is OCCN1CCN=C1c1ccccc1. The van der Waals surface area contributed by atoms with Crippen LogP contribution in [-0.2, 0) is 0 Å². The van der Waals surface area contributed by atoms with Gasteiger partial charge in [0.05, 0.1) is 13.2 Å². The number of nitrogens with zero attached hydrogens (tertiary/aromatic N) is 2. The van der Waals surface area contributed by atoms with Crippen LogP contribution in [0, 0.1) is 0 Å². The fourth-order valence-corrected chi connectivity index (χ4v) is 1.68. The maximum atomic E-state index is 8.89. The minimum Gasteiger partial charge on any atom is -0.395 e. The zero-order valence-electron chi connectivity index (χ0n) is 8.06. The molecule has 1 N–H and O–H groups in total. The lowest BCUT2D eigenvalue weighted by atomic mass is 10.2. The fraction of sp³-hybridized carbons (Fsp3) is 0.364. The van der Waals surface area contributed by atoms with E-state index in [2.05, 4.69) is 22.0 Å². The number of hydrogen-bond donors (Lipinski definition) is 1. The second-order valence-corrected chi connectivity index (χ2v) is 3.28. The second kappa shape index (κ2) is 4.24. The van der Waals surface area contributed by atoms with Crippen LogP contribution in [0.4, 0.5) is 0 Å². The quantitative estimate of drug-likeness (QED) is 0.763. The van der Waals surface area contributed by atoms with Gasteiger partial charge in [-0.25, -0.2) is 0 Å². The first-order valence-electron chi connectivity index (χ1n) is 4.87. The Bertz CT molecular complexity index is 321. The average Bonchev–Trinajstić information content (AvgIpc) is 2.68. The molecule has 0 atom stereocenters. The Kier molecular flexibility index (Phi) is 2.79. The first-order chi connectivity index (χ1) is 6.92. The molecular formula is C11H14N2O. The van der Waals surface area contributed by atoms with Gasteiger partial charge in [0, 0.05) is 18.7 Å². The minimum atomic E-state index is 0.186. The van der Waals surface area contributed by atoms with Gasteiger partial charge in [-0.2, -0.15) is 0 Å². The third-order valence-electron chi connectivity index (χ3n) is 2.33. The van der Waals surface area contributed by atoms with Crippen molar-refractivity contribution in [1.29, 1.82) is 0 Å². The molecule has 0 radical (unpaired) electrons. The Balaban J connectivity index is 2.18. The van der Waals surface area contributed by atoms with E-state index in [1.54, 1.807) is 0 Å². The normalized spacial score (nSPS) is 15.8. The molecular weight excluding hydrogens is 176 g/mol. The van der Waals surface area contributed by atoms with Crippen molar-refractivity contribution in [3.63, 3.8) is 0 Å². The van der Waals surface area contributed by atoms with Crippen molar-refractivity contribution in [3.05, 3.63) is 35.9 Å². The van der Waals surface area contributed by atoms with E-state index >= 15 is 0 Å².